The van der Waals surface area contributed by atoms with Crippen LogP contribution in [0.25, 0.3) is 0 Å². The molecule has 57 heavy (non-hydrogen) atoms. The SMILES string of the molecule is N[C@@H](Cc1ccc(O)cc1)C(=O)NCC(=O)NCC(=O)N[C@@H](Cc1ccccc1)C(=O)N/N=C1/CC[C@@]2(O)[C@H]3Cc4ccc(O)c5c4[C@@]2(CCN3CC2CC2)[C@H]1O5. The fraction of sp³-hybridized carbons (Fsp3) is 0.452. The Balaban J connectivity index is 0.921. The van der Waals surface area contributed by atoms with Gasteiger partial charge in [-0.25, -0.2) is 5.43 Å². The number of phenolic OH excluding ortho intramolecular Hbond substituents is 2. The lowest BCUT2D eigenvalue weighted by atomic mass is 9.49. The second kappa shape index (κ2) is 15.4. The van der Waals surface area contributed by atoms with Crippen LogP contribution < -0.4 is 31.8 Å². The molecule has 4 amide bonds. The largest absolute Gasteiger partial charge is 0.508 e. The summed E-state index contributed by atoms with van der Waals surface area (Å²) in [6.45, 7) is 0.864. The molecule has 0 aromatic heterocycles. The number of ether oxygens (including phenoxy) is 1. The highest BCUT2D eigenvalue weighted by Crippen LogP contribution is 2.65. The third kappa shape index (κ3) is 7.42. The zero-order valence-corrected chi connectivity index (χ0v) is 31.6. The van der Waals surface area contributed by atoms with Crippen LogP contribution in [-0.2, 0) is 43.9 Å². The van der Waals surface area contributed by atoms with E-state index in [1.165, 1.54) is 25.0 Å². The van der Waals surface area contributed by atoms with E-state index >= 15 is 0 Å². The molecule has 3 aliphatic carbocycles. The van der Waals surface area contributed by atoms with Crippen molar-refractivity contribution in [3.8, 4) is 17.2 Å². The molecular weight excluding hydrogens is 731 g/mol. The van der Waals surface area contributed by atoms with Gasteiger partial charge in [-0.3, -0.25) is 24.1 Å². The van der Waals surface area contributed by atoms with Gasteiger partial charge in [0.05, 0.1) is 35.9 Å². The van der Waals surface area contributed by atoms with Crippen LogP contribution in [0.2, 0.25) is 0 Å². The van der Waals surface area contributed by atoms with Crippen molar-refractivity contribution in [2.45, 2.75) is 86.6 Å². The lowest BCUT2D eigenvalue weighted by Gasteiger charge is -2.63. The van der Waals surface area contributed by atoms with Crippen molar-refractivity contribution < 1.29 is 39.2 Å². The number of carbonyl (C=O) groups excluding carboxylic acids is 4. The van der Waals surface area contributed by atoms with Gasteiger partial charge in [0.25, 0.3) is 5.91 Å². The number of piperidine rings is 1. The Morgan fingerprint density at radius 2 is 1.63 bits per heavy atom. The molecule has 1 spiro atoms. The molecule has 0 unspecified atom stereocenters. The smallest absolute Gasteiger partial charge is 0.262 e. The van der Waals surface area contributed by atoms with Crippen molar-refractivity contribution in [2.75, 3.05) is 26.2 Å². The number of amides is 4. The first-order valence-electron chi connectivity index (χ1n) is 19.7. The van der Waals surface area contributed by atoms with Gasteiger partial charge in [0.1, 0.15) is 11.8 Å². The predicted octanol–water partition coefficient (Wildman–Crippen LogP) is 0.664. The van der Waals surface area contributed by atoms with E-state index in [1.54, 1.807) is 18.2 Å². The molecule has 9 N–H and O–H groups in total. The highest BCUT2D eigenvalue weighted by Gasteiger charge is 2.72. The molecule has 1 saturated heterocycles. The summed E-state index contributed by atoms with van der Waals surface area (Å²) in [6.07, 6.45) is 4.11. The molecule has 2 heterocycles. The number of aromatic hydroxyl groups is 2. The van der Waals surface area contributed by atoms with E-state index in [4.69, 9.17) is 10.5 Å². The van der Waals surface area contributed by atoms with Gasteiger partial charge in [-0.05, 0) is 92.3 Å². The monoisotopic (exact) mass is 779 g/mol. The normalized spacial score (nSPS) is 26.0. The summed E-state index contributed by atoms with van der Waals surface area (Å²) in [4.78, 5) is 54.4. The molecule has 5 aliphatic rings. The molecule has 3 fully saturated rings. The number of nitrogens with two attached hydrogens (primary N) is 1. The number of rotatable bonds is 14. The number of hydrazone groups is 1. The number of likely N-dealkylation sites (tertiary alicyclic amines) is 1. The molecule has 8 rings (SSSR count). The molecular formula is C42H49N7O8. The van der Waals surface area contributed by atoms with Gasteiger partial charge in [-0.2, -0.15) is 5.10 Å². The molecule has 2 bridgehead atoms. The Labute approximate surface area is 330 Å². The van der Waals surface area contributed by atoms with E-state index in [2.05, 4.69) is 31.4 Å². The zero-order chi connectivity index (χ0) is 39.9. The van der Waals surface area contributed by atoms with Gasteiger partial charge < -0.3 is 41.7 Å². The van der Waals surface area contributed by atoms with Crippen LogP contribution >= 0.6 is 0 Å². The lowest BCUT2D eigenvalue weighted by Crippen LogP contribution is -2.76. The molecule has 15 heteroatoms. The number of hydrogen-bond acceptors (Lipinski definition) is 11. The van der Waals surface area contributed by atoms with Crippen molar-refractivity contribution in [1.29, 1.82) is 0 Å². The fourth-order valence-electron chi connectivity index (χ4n) is 9.42. The van der Waals surface area contributed by atoms with Crippen molar-refractivity contribution >= 4 is 29.3 Å². The number of aliphatic hydroxyl groups is 1. The van der Waals surface area contributed by atoms with Crippen LogP contribution in [0.3, 0.4) is 0 Å². The third-order valence-corrected chi connectivity index (χ3v) is 12.4. The number of carbonyl (C=O) groups is 4. The van der Waals surface area contributed by atoms with E-state index in [-0.39, 0.29) is 30.4 Å². The van der Waals surface area contributed by atoms with E-state index in [1.807, 2.05) is 36.4 Å². The zero-order valence-electron chi connectivity index (χ0n) is 31.6. The molecule has 0 radical (unpaired) electrons. The molecule has 6 atom stereocenters. The molecule has 3 aromatic carbocycles. The minimum absolute atomic E-state index is 0.0106. The molecule has 300 valence electrons. The van der Waals surface area contributed by atoms with Crippen molar-refractivity contribution in [2.24, 2.45) is 16.8 Å². The summed E-state index contributed by atoms with van der Waals surface area (Å²) in [7, 11) is 0. The van der Waals surface area contributed by atoms with Crippen LogP contribution in [-0.4, -0.2) is 106 Å². The van der Waals surface area contributed by atoms with Crippen LogP contribution in [0.1, 0.15) is 54.4 Å². The van der Waals surface area contributed by atoms with Crippen LogP contribution in [0.5, 0.6) is 17.2 Å². The predicted molar refractivity (Wildman–Crippen MR) is 208 cm³/mol. The van der Waals surface area contributed by atoms with E-state index < -0.39 is 65.9 Å². The van der Waals surface area contributed by atoms with Gasteiger partial charge in [0.15, 0.2) is 17.6 Å². The summed E-state index contributed by atoms with van der Waals surface area (Å²) in [6, 6.07) is 16.9. The number of benzene rings is 3. The van der Waals surface area contributed by atoms with Gasteiger partial charge in [0.2, 0.25) is 17.7 Å². The Morgan fingerprint density at radius 1 is 0.895 bits per heavy atom. The maximum absolute atomic E-state index is 13.8. The second-order valence-corrected chi connectivity index (χ2v) is 16.1. The quantitative estimate of drug-likeness (QED) is 0.107. The first-order valence-corrected chi connectivity index (χ1v) is 19.7. The molecule has 2 aliphatic heterocycles. The van der Waals surface area contributed by atoms with Gasteiger partial charge in [-0.15, -0.1) is 0 Å². The number of nitrogens with zero attached hydrogens (tertiary/aromatic N) is 2. The number of phenols is 2. The highest BCUT2D eigenvalue weighted by molar-refractivity contribution is 5.96. The second-order valence-electron chi connectivity index (χ2n) is 16.1. The van der Waals surface area contributed by atoms with Gasteiger partial charge >= 0.3 is 0 Å². The summed E-state index contributed by atoms with van der Waals surface area (Å²) >= 11 is 0. The Bertz CT molecular complexity index is 2080. The van der Waals surface area contributed by atoms with E-state index in [0.29, 0.717) is 43.1 Å². The first-order chi connectivity index (χ1) is 27.4. The average molecular weight is 780 g/mol. The first kappa shape index (κ1) is 38.4. The molecule has 15 nitrogen and oxygen atoms in total. The number of hydrogen-bond donors (Lipinski definition) is 8. The molecule has 2 saturated carbocycles. The fourth-order valence-corrected chi connectivity index (χ4v) is 9.42. The number of nitrogens with one attached hydrogen (secondary N) is 4. The molecule has 3 aromatic rings. The Hall–Kier alpha value is -5.51. The highest BCUT2D eigenvalue weighted by atomic mass is 16.5. The van der Waals surface area contributed by atoms with Crippen molar-refractivity contribution in [1.82, 2.24) is 26.3 Å². The topological polar surface area (TPSA) is 228 Å². The van der Waals surface area contributed by atoms with Crippen LogP contribution in [0.15, 0.2) is 71.8 Å². The Kier molecular flexibility index (Phi) is 10.4. The van der Waals surface area contributed by atoms with Gasteiger partial charge in [0, 0.05) is 24.6 Å². The average Bonchev–Trinajstić information content (AvgIpc) is 3.95. The van der Waals surface area contributed by atoms with Crippen molar-refractivity contribution in [3.05, 3.63) is 89.0 Å². The van der Waals surface area contributed by atoms with E-state index in [0.717, 1.165) is 35.3 Å². The minimum Gasteiger partial charge on any atom is -0.508 e. The minimum atomic E-state index is -1.11. The van der Waals surface area contributed by atoms with Crippen LogP contribution in [0, 0.1) is 5.92 Å². The van der Waals surface area contributed by atoms with E-state index in [9.17, 15) is 34.5 Å². The van der Waals surface area contributed by atoms with Gasteiger partial charge in [-0.1, -0.05) is 48.5 Å². The Morgan fingerprint density at radius 3 is 2.39 bits per heavy atom. The van der Waals surface area contributed by atoms with Crippen LogP contribution in [0.4, 0.5) is 0 Å². The summed E-state index contributed by atoms with van der Waals surface area (Å²) in [5.41, 5.74) is 10.7. The summed E-state index contributed by atoms with van der Waals surface area (Å²) in [5.74, 6) is -1.26. The summed E-state index contributed by atoms with van der Waals surface area (Å²) in [5, 5.41) is 45.4. The third-order valence-electron chi connectivity index (χ3n) is 12.4. The van der Waals surface area contributed by atoms with Crippen molar-refractivity contribution in [3.63, 3.8) is 0 Å². The summed E-state index contributed by atoms with van der Waals surface area (Å²) < 4.78 is 6.54. The standard InChI is InChI=1S/C42H49N7O8/c43-29(18-25-8-11-28(50)12-9-25)39(54)45-21-34(52)44-22-35(53)46-31(19-24-4-2-1-3-5-24)40(55)48-47-30-14-15-42(56)33-20-27-10-13-32(51)37-36(27)41(42,38(30)57-37)16-17-49(33)23-26-6-7-26/h1-5,8-13,26,29,31,33,38,50-51,56H,6-7,14-23,43H2,(H,44,52)(H,45,54)(H,46,53)(H,48,55)/b47-30-/t29-,31-,33+,38-,41-,42+/m0/s1. The maximum atomic E-state index is 13.8. The lowest BCUT2D eigenvalue weighted by molar-refractivity contribution is -0.166. The maximum Gasteiger partial charge on any atom is 0.262 e.